The van der Waals surface area contributed by atoms with Crippen molar-refractivity contribution in [1.82, 2.24) is 9.80 Å². The van der Waals surface area contributed by atoms with Crippen molar-refractivity contribution in [2.75, 3.05) is 13.2 Å². The van der Waals surface area contributed by atoms with E-state index in [2.05, 4.69) is 87.1 Å². The summed E-state index contributed by atoms with van der Waals surface area (Å²) in [5.41, 5.74) is 3.41. The van der Waals surface area contributed by atoms with Gasteiger partial charge in [-0.05, 0) is 135 Å². The molecule has 2 amide bonds. The average molecular weight is 973 g/mol. The van der Waals surface area contributed by atoms with Crippen LogP contribution in [0.2, 0.25) is 20.1 Å². The highest BCUT2D eigenvalue weighted by molar-refractivity contribution is 6.31. The van der Waals surface area contributed by atoms with Crippen LogP contribution in [-0.2, 0) is 19.1 Å². The zero-order valence-electron chi connectivity index (χ0n) is 38.9. The molecule has 0 saturated carbocycles. The first-order valence-corrected chi connectivity index (χ1v) is 25.4. The SMILES string of the molecule is C=CC[C@@]1(C)C[C@H](c2cccc(Cl)c2)C(c2ccc(Cl)cc2)N([C@@H](CC)C2CCCO2)C1=O.C=CC[C@@]1(C)C[C@H](c2cccc(Cl)c2)C(c2ccc(Cl)cc2)N([C@@H](CC)C2CCCO2)C1=O. The van der Waals surface area contributed by atoms with E-state index in [-0.39, 0.29) is 60.0 Å². The number of allylic oxidation sites excluding steroid dienone is 2. The first-order valence-electron chi connectivity index (χ1n) is 23.9. The van der Waals surface area contributed by atoms with E-state index < -0.39 is 10.8 Å². The van der Waals surface area contributed by atoms with Gasteiger partial charge in [-0.1, -0.05) is 135 Å². The van der Waals surface area contributed by atoms with Crippen LogP contribution in [0.25, 0.3) is 0 Å². The standard InChI is InChI=1S/2C28H33Cl2NO2/c2*1-4-15-28(3)18-23(20-8-6-9-22(30)17-20)26(19-11-13-21(29)14-12-19)31(27(28)32)24(5-2)25-10-7-16-33-25/h2*4,6,8-9,11-14,17,23-26H,1,5,7,10,15-16,18H2,2-3H3/t2*23-,24+,25?,26?,28+/m11/s1. The first kappa shape index (κ1) is 50.3. The van der Waals surface area contributed by atoms with Gasteiger partial charge in [0, 0.05) is 45.1 Å². The molecule has 4 aromatic rings. The van der Waals surface area contributed by atoms with E-state index in [9.17, 15) is 9.59 Å². The number of ether oxygens (including phenoxy) is 2. The van der Waals surface area contributed by atoms with Crippen LogP contribution in [0.1, 0.15) is 138 Å². The Morgan fingerprint density at radius 3 is 1.27 bits per heavy atom. The molecule has 4 heterocycles. The van der Waals surface area contributed by atoms with Gasteiger partial charge in [-0.2, -0.15) is 0 Å². The lowest BCUT2D eigenvalue weighted by atomic mass is 9.66. The number of halogens is 4. The van der Waals surface area contributed by atoms with Gasteiger partial charge < -0.3 is 19.3 Å². The van der Waals surface area contributed by atoms with Crippen LogP contribution in [0.5, 0.6) is 0 Å². The number of likely N-dealkylation sites (tertiary alicyclic amines) is 2. The molecule has 4 aliphatic rings. The van der Waals surface area contributed by atoms with Gasteiger partial charge in [0.15, 0.2) is 0 Å². The first-order chi connectivity index (χ1) is 31.7. The molecule has 4 aliphatic heterocycles. The van der Waals surface area contributed by atoms with E-state index in [1.54, 1.807) is 0 Å². The van der Waals surface area contributed by atoms with Crippen molar-refractivity contribution >= 4 is 58.2 Å². The van der Waals surface area contributed by atoms with Crippen LogP contribution in [0, 0.1) is 10.8 Å². The third-order valence-electron chi connectivity index (χ3n) is 14.7. The van der Waals surface area contributed by atoms with Crippen LogP contribution in [-0.4, -0.2) is 59.1 Å². The van der Waals surface area contributed by atoms with E-state index in [4.69, 9.17) is 55.9 Å². The summed E-state index contributed by atoms with van der Waals surface area (Å²) in [7, 11) is 0. The molecule has 0 aromatic heterocycles. The summed E-state index contributed by atoms with van der Waals surface area (Å²) >= 11 is 25.4. The predicted molar refractivity (Wildman–Crippen MR) is 272 cm³/mol. The van der Waals surface area contributed by atoms with Gasteiger partial charge in [0.05, 0.1) is 47.2 Å². The van der Waals surface area contributed by atoms with Crippen LogP contribution >= 0.6 is 46.4 Å². The summed E-state index contributed by atoms with van der Waals surface area (Å²) in [6.07, 6.45) is 12.3. The molecule has 4 aromatic carbocycles. The molecule has 8 rings (SSSR count). The molecule has 0 aliphatic carbocycles. The second-order valence-electron chi connectivity index (χ2n) is 19.3. The van der Waals surface area contributed by atoms with E-state index in [0.717, 1.165) is 86.8 Å². The Balaban J connectivity index is 0.000000196. The zero-order valence-corrected chi connectivity index (χ0v) is 42.0. The number of benzene rings is 4. The van der Waals surface area contributed by atoms with Crippen LogP contribution in [0.15, 0.2) is 122 Å². The molecular formula is C56H66Cl4N2O4. The molecule has 352 valence electrons. The maximum Gasteiger partial charge on any atom is 0.229 e. The molecule has 4 fully saturated rings. The molecule has 10 atom stereocenters. The van der Waals surface area contributed by atoms with Gasteiger partial charge >= 0.3 is 0 Å². The molecular weight excluding hydrogens is 906 g/mol. The summed E-state index contributed by atoms with van der Waals surface area (Å²) < 4.78 is 12.3. The number of rotatable bonds is 14. The smallest absolute Gasteiger partial charge is 0.229 e. The third-order valence-corrected chi connectivity index (χ3v) is 15.7. The predicted octanol–water partition coefficient (Wildman–Crippen LogP) is 15.2. The fourth-order valence-electron chi connectivity index (χ4n) is 11.6. The normalized spacial score (nSPS) is 28.7. The summed E-state index contributed by atoms with van der Waals surface area (Å²) in [4.78, 5) is 32.8. The lowest BCUT2D eigenvalue weighted by molar-refractivity contribution is -0.159. The average Bonchev–Trinajstić information content (AvgIpc) is 4.05. The van der Waals surface area contributed by atoms with Gasteiger partial charge in [0.25, 0.3) is 0 Å². The maximum absolute atomic E-state index is 14.3. The Morgan fingerprint density at radius 2 is 0.970 bits per heavy atom. The molecule has 6 nitrogen and oxygen atoms in total. The van der Waals surface area contributed by atoms with E-state index >= 15 is 0 Å². The Morgan fingerprint density at radius 1 is 0.591 bits per heavy atom. The quantitative estimate of drug-likeness (QED) is 0.118. The topological polar surface area (TPSA) is 59.1 Å². The van der Waals surface area contributed by atoms with Crippen LogP contribution in [0.4, 0.5) is 0 Å². The number of amides is 2. The fraction of sp³-hybridized carbons (Fsp3) is 0.464. The lowest BCUT2D eigenvalue weighted by Gasteiger charge is -2.53. The van der Waals surface area contributed by atoms with Gasteiger partial charge in [0.2, 0.25) is 11.8 Å². The number of hydrogen-bond donors (Lipinski definition) is 0. The molecule has 66 heavy (non-hydrogen) atoms. The summed E-state index contributed by atoms with van der Waals surface area (Å²) in [6, 6.07) is 31.8. The van der Waals surface area contributed by atoms with E-state index in [1.165, 1.54) is 0 Å². The number of carbonyl (C=O) groups excluding carboxylic acids is 2. The molecule has 0 bridgehead atoms. The van der Waals surface area contributed by atoms with Crippen molar-refractivity contribution in [1.29, 1.82) is 0 Å². The minimum absolute atomic E-state index is 0.00630. The molecule has 0 radical (unpaired) electrons. The van der Waals surface area contributed by atoms with Gasteiger partial charge in [-0.3, -0.25) is 9.59 Å². The van der Waals surface area contributed by atoms with Gasteiger partial charge in [-0.15, -0.1) is 13.2 Å². The summed E-state index contributed by atoms with van der Waals surface area (Å²) in [5, 5.41) is 2.80. The number of nitrogens with zero attached hydrogens (tertiary/aromatic N) is 2. The van der Waals surface area contributed by atoms with Crippen molar-refractivity contribution in [2.45, 2.75) is 140 Å². The minimum atomic E-state index is -0.538. The largest absolute Gasteiger partial charge is 0.376 e. The maximum atomic E-state index is 14.3. The lowest BCUT2D eigenvalue weighted by Crippen LogP contribution is -2.58. The fourth-order valence-corrected chi connectivity index (χ4v) is 12.2. The molecule has 0 N–H and O–H groups in total. The molecule has 4 unspecified atom stereocenters. The van der Waals surface area contributed by atoms with Crippen LogP contribution in [0.3, 0.4) is 0 Å². The van der Waals surface area contributed by atoms with Crippen molar-refractivity contribution in [2.24, 2.45) is 10.8 Å². The Bertz CT molecular complexity index is 2130. The second kappa shape index (κ2) is 22.2. The number of hydrogen-bond acceptors (Lipinski definition) is 4. The molecule has 10 heteroatoms. The van der Waals surface area contributed by atoms with E-state index in [1.807, 2.05) is 72.8 Å². The Hall–Kier alpha value is -3.62. The highest BCUT2D eigenvalue weighted by Crippen LogP contribution is 2.55. The molecule has 0 spiro atoms. The Kier molecular flexibility index (Phi) is 16.9. The van der Waals surface area contributed by atoms with Crippen LogP contribution < -0.4 is 0 Å². The zero-order chi connectivity index (χ0) is 47.2. The third kappa shape index (κ3) is 10.8. The number of piperidine rings is 2. The van der Waals surface area contributed by atoms with Crippen molar-refractivity contribution in [3.8, 4) is 0 Å². The monoisotopic (exact) mass is 970 g/mol. The molecule has 4 saturated heterocycles. The van der Waals surface area contributed by atoms with Gasteiger partial charge in [-0.25, -0.2) is 0 Å². The van der Waals surface area contributed by atoms with Crippen molar-refractivity contribution in [3.05, 3.63) is 165 Å². The highest BCUT2D eigenvalue weighted by atomic mass is 35.5. The minimum Gasteiger partial charge on any atom is -0.376 e. The Labute approximate surface area is 413 Å². The highest BCUT2D eigenvalue weighted by Gasteiger charge is 2.54. The van der Waals surface area contributed by atoms with E-state index in [0.29, 0.717) is 32.9 Å². The summed E-state index contributed by atoms with van der Waals surface area (Å²) in [5.74, 6) is 0.539. The van der Waals surface area contributed by atoms with Crippen molar-refractivity contribution < 1.29 is 19.1 Å². The second-order valence-corrected chi connectivity index (χ2v) is 21.1. The van der Waals surface area contributed by atoms with Gasteiger partial charge in [0.1, 0.15) is 0 Å². The summed E-state index contributed by atoms with van der Waals surface area (Å²) in [6.45, 7) is 17.9. The number of carbonyl (C=O) groups is 2. The van der Waals surface area contributed by atoms with Crippen molar-refractivity contribution in [3.63, 3.8) is 0 Å².